The summed E-state index contributed by atoms with van der Waals surface area (Å²) in [5, 5.41) is 9.35. The van der Waals surface area contributed by atoms with Gasteiger partial charge >= 0.3 is 0 Å². The molecule has 0 fully saturated rings. The number of Topliss-reactive ketones (excluding diaryl/α,β-unsaturated/α-hetero) is 1. The smallest absolute Gasteiger partial charge is 0.178 e. The van der Waals surface area contributed by atoms with Gasteiger partial charge < -0.3 is 9.47 Å². The number of halogens is 1. The second kappa shape index (κ2) is 8.34. The van der Waals surface area contributed by atoms with Crippen LogP contribution in [0.15, 0.2) is 22.2 Å². The molecule has 0 spiro atoms. The van der Waals surface area contributed by atoms with E-state index in [2.05, 4.69) is 15.9 Å². The maximum absolute atomic E-state index is 12.4. The Kier molecular flexibility index (Phi) is 7.04. The molecular weight excluding hydrogens is 370 g/mol. The van der Waals surface area contributed by atoms with Crippen LogP contribution in [0.4, 0.5) is 0 Å². The average Bonchev–Trinajstić information content (AvgIpc) is 2.46. The fraction of sp³-hybridized carbons (Fsp3) is 0.474. The number of ether oxygens (including phenoxy) is 2. The number of allylic oxidation sites excluding steroid dienone is 1. The molecule has 130 valence electrons. The van der Waals surface area contributed by atoms with Crippen LogP contribution in [0.3, 0.4) is 0 Å². The first kappa shape index (κ1) is 20.2. The predicted octanol–water partition coefficient (Wildman–Crippen LogP) is 5.16. The summed E-state index contributed by atoms with van der Waals surface area (Å²) in [5.41, 5.74) is 0.198. The van der Waals surface area contributed by atoms with Crippen molar-refractivity contribution in [3.8, 4) is 17.6 Å². The zero-order valence-electron chi connectivity index (χ0n) is 15.1. The second-order valence-corrected chi connectivity index (χ2v) is 7.52. The summed E-state index contributed by atoms with van der Waals surface area (Å²) in [7, 11) is 0. The maximum atomic E-state index is 12.4. The maximum Gasteiger partial charge on any atom is 0.178 e. The van der Waals surface area contributed by atoms with E-state index in [9.17, 15) is 10.1 Å². The van der Waals surface area contributed by atoms with Crippen molar-refractivity contribution in [2.45, 2.75) is 47.6 Å². The number of rotatable bonds is 6. The molecule has 0 heterocycles. The first-order valence-electron chi connectivity index (χ1n) is 7.89. The Morgan fingerprint density at radius 3 is 2.42 bits per heavy atom. The SMILES string of the molecule is CCOc1cc(/C=C(/C#N)C(=O)C(C)(C)C)c(Br)cc1OC(C)C. The lowest BCUT2D eigenvalue weighted by Gasteiger charge is -2.17. The number of nitrogens with zero attached hydrogens (tertiary/aromatic N) is 1. The fourth-order valence-corrected chi connectivity index (χ4v) is 2.42. The number of ketones is 1. The number of nitriles is 1. The molecule has 0 saturated carbocycles. The third-order valence-corrected chi connectivity index (χ3v) is 3.76. The molecule has 0 amide bonds. The van der Waals surface area contributed by atoms with E-state index in [4.69, 9.17) is 9.47 Å². The summed E-state index contributed by atoms with van der Waals surface area (Å²) in [6, 6.07) is 5.58. The van der Waals surface area contributed by atoms with Crippen LogP contribution in [0.25, 0.3) is 6.08 Å². The summed E-state index contributed by atoms with van der Waals surface area (Å²) >= 11 is 3.48. The van der Waals surface area contributed by atoms with Gasteiger partial charge in [-0.2, -0.15) is 5.26 Å². The van der Waals surface area contributed by atoms with Gasteiger partial charge in [-0.15, -0.1) is 0 Å². The Bertz CT molecular complexity index is 679. The van der Waals surface area contributed by atoms with E-state index in [0.29, 0.717) is 23.7 Å². The lowest BCUT2D eigenvalue weighted by atomic mass is 9.86. The van der Waals surface area contributed by atoms with E-state index in [0.717, 1.165) is 4.47 Å². The van der Waals surface area contributed by atoms with Gasteiger partial charge in [0.1, 0.15) is 6.07 Å². The molecule has 24 heavy (non-hydrogen) atoms. The quantitative estimate of drug-likeness (QED) is 0.494. The zero-order chi connectivity index (χ0) is 18.5. The van der Waals surface area contributed by atoms with Gasteiger partial charge in [-0.05, 0) is 44.5 Å². The highest BCUT2D eigenvalue weighted by atomic mass is 79.9. The molecule has 1 aromatic rings. The van der Waals surface area contributed by atoms with E-state index in [1.807, 2.05) is 26.8 Å². The number of benzene rings is 1. The molecule has 0 aromatic heterocycles. The molecule has 0 saturated heterocycles. The van der Waals surface area contributed by atoms with Crippen molar-refractivity contribution < 1.29 is 14.3 Å². The highest BCUT2D eigenvalue weighted by molar-refractivity contribution is 9.10. The van der Waals surface area contributed by atoms with Gasteiger partial charge in [0.2, 0.25) is 0 Å². The van der Waals surface area contributed by atoms with Gasteiger partial charge in [0.25, 0.3) is 0 Å². The van der Waals surface area contributed by atoms with Crippen molar-refractivity contribution in [3.05, 3.63) is 27.7 Å². The van der Waals surface area contributed by atoms with Crippen molar-refractivity contribution in [2.75, 3.05) is 6.61 Å². The lowest BCUT2D eigenvalue weighted by Crippen LogP contribution is -2.21. The molecule has 0 aliphatic rings. The van der Waals surface area contributed by atoms with Crippen LogP contribution >= 0.6 is 15.9 Å². The van der Waals surface area contributed by atoms with Gasteiger partial charge in [-0.3, -0.25) is 4.79 Å². The Hall–Kier alpha value is -1.80. The first-order chi connectivity index (χ1) is 11.1. The Balaban J connectivity index is 3.38. The van der Waals surface area contributed by atoms with E-state index in [1.165, 1.54) is 0 Å². The molecule has 1 aromatic carbocycles. The minimum Gasteiger partial charge on any atom is -0.490 e. The standard InChI is InChI=1S/C19H24BrNO3/c1-7-23-16-9-13(15(20)10-17(16)24-12(2)3)8-14(11-21)18(22)19(4,5)6/h8-10,12H,7H2,1-6H3/b14-8-. The number of carbonyl (C=O) groups excluding carboxylic acids is 1. The van der Waals surface area contributed by atoms with E-state index >= 15 is 0 Å². The molecule has 1 rings (SSSR count). The number of hydrogen-bond acceptors (Lipinski definition) is 4. The fourth-order valence-electron chi connectivity index (χ4n) is 1.98. The molecule has 0 bridgehead atoms. The summed E-state index contributed by atoms with van der Waals surface area (Å²) in [6.07, 6.45) is 1.59. The van der Waals surface area contributed by atoms with Gasteiger partial charge in [-0.1, -0.05) is 36.7 Å². The number of hydrogen-bond donors (Lipinski definition) is 0. The summed E-state index contributed by atoms with van der Waals surface area (Å²) in [5.74, 6) is 1.01. The molecule has 0 atom stereocenters. The topological polar surface area (TPSA) is 59.3 Å². The Morgan fingerprint density at radius 1 is 1.33 bits per heavy atom. The van der Waals surface area contributed by atoms with E-state index in [1.54, 1.807) is 39.0 Å². The van der Waals surface area contributed by atoms with Crippen LogP contribution in [0.1, 0.15) is 47.1 Å². The van der Waals surface area contributed by atoms with Crippen molar-refractivity contribution in [1.82, 2.24) is 0 Å². The first-order valence-corrected chi connectivity index (χ1v) is 8.69. The predicted molar refractivity (Wildman–Crippen MR) is 99.1 cm³/mol. The molecule has 0 aliphatic heterocycles. The minimum absolute atomic E-state index is 0.00892. The van der Waals surface area contributed by atoms with E-state index in [-0.39, 0.29) is 17.5 Å². The van der Waals surface area contributed by atoms with E-state index < -0.39 is 5.41 Å². The van der Waals surface area contributed by atoms with Crippen molar-refractivity contribution >= 4 is 27.8 Å². The highest BCUT2D eigenvalue weighted by Crippen LogP contribution is 2.36. The molecule has 0 aliphatic carbocycles. The lowest BCUT2D eigenvalue weighted by molar-refractivity contribution is -0.121. The van der Waals surface area contributed by atoms with Crippen molar-refractivity contribution in [3.63, 3.8) is 0 Å². The van der Waals surface area contributed by atoms with Gasteiger partial charge in [0.05, 0.1) is 18.3 Å². The summed E-state index contributed by atoms with van der Waals surface area (Å²) < 4.78 is 12.1. The highest BCUT2D eigenvalue weighted by Gasteiger charge is 2.25. The second-order valence-electron chi connectivity index (χ2n) is 6.67. The molecule has 5 heteroatoms. The number of carbonyl (C=O) groups is 1. The van der Waals surface area contributed by atoms with Crippen LogP contribution in [-0.4, -0.2) is 18.5 Å². The molecule has 0 radical (unpaired) electrons. The van der Waals surface area contributed by atoms with Crippen LogP contribution in [0.5, 0.6) is 11.5 Å². The van der Waals surface area contributed by atoms with Crippen molar-refractivity contribution in [1.29, 1.82) is 5.26 Å². The van der Waals surface area contributed by atoms with Gasteiger partial charge in [0.15, 0.2) is 17.3 Å². The summed E-state index contributed by atoms with van der Waals surface area (Å²) in [6.45, 7) is 11.6. The van der Waals surface area contributed by atoms with Crippen LogP contribution in [-0.2, 0) is 4.79 Å². The third-order valence-electron chi connectivity index (χ3n) is 3.07. The Labute approximate surface area is 152 Å². The van der Waals surface area contributed by atoms with Crippen LogP contribution in [0, 0.1) is 16.7 Å². The van der Waals surface area contributed by atoms with Crippen molar-refractivity contribution in [2.24, 2.45) is 5.41 Å². The Morgan fingerprint density at radius 2 is 1.96 bits per heavy atom. The molecule has 0 N–H and O–H groups in total. The average molecular weight is 394 g/mol. The molecule has 4 nitrogen and oxygen atoms in total. The zero-order valence-corrected chi connectivity index (χ0v) is 16.7. The summed E-state index contributed by atoms with van der Waals surface area (Å²) in [4.78, 5) is 12.4. The monoisotopic (exact) mass is 393 g/mol. The molecule has 0 unspecified atom stereocenters. The normalized spacial score (nSPS) is 12.0. The largest absolute Gasteiger partial charge is 0.490 e. The van der Waals surface area contributed by atoms with Crippen LogP contribution in [0.2, 0.25) is 0 Å². The van der Waals surface area contributed by atoms with Crippen LogP contribution < -0.4 is 9.47 Å². The van der Waals surface area contributed by atoms with Gasteiger partial charge in [-0.25, -0.2) is 0 Å². The minimum atomic E-state index is -0.614. The molecular formula is C19H24BrNO3. The van der Waals surface area contributed by atoms with Gasteiger partial charge in [0, 0.05) is 9.89 Å². The third kappa shape index (κ3) is 5.38.